The predicted octanol–water partition coefficient (Wildman–Crippen LogP) is 3.14. The van der Waals surface area contributed by atoms with Gasteiger partial charge in [0, 0.05) is 18.5 Å². The Kier molecular flexibility index (Phi) is 4.27. The standard InChI is InChI=1S/C14H16F2N2/c15-13-6-3-11(7-14(13)16)9-18-12-4-1-10(8-17)2-5-12/h3,6-7,10,12,18H,1-2,4-5,9H2. The van der Waals surface area contributed by atoms with E-state index in [0.717, 1.165) is 37.3 Å². The molecule has 0 aromatic heterocycles. The van der Waals surface area contributed by atoms with E-state index in [0.29, 0.717) is 12.6 Å². The van der Waals surface area contributed by atoms with Crippen molar-refractivity contribution in [3.8, 4) is 6.07 Å². The molecule has 18 heavy (non-hydrogen) atoms. The second-order valence-electron chi connectivity index (χ2n) is 4.81. The van der Waals surface area contributed by atoms with Gasteiger partial charge in [-0.2, -0.15) is 5.26 Å². The molecule has 0 saturated heterocycles. The Balaban J connectivity index is 1.82. The van der Waals surface area contributed by atoms with Crippen molar-refractivity contribution in [2.24, 2.45) is 5.92 Å². The minimum absolute atomic E-state index is 0.186. The van der Waals surface area contributed by atoms with Crippen LogP contribution in [0.1, 0.15) is 31.2 Å². The van der Waals surface area contributed by atoms with Crippen molar-refractivity contribution in [1.82, 2.24) is 5.32 Å². The molecule has 1 aromatic rings. The van der Waals surface area contributed by atoms with Crippen molar-refractivity contribution in [2.75, 3.05) is 0 Å². The van der Waals surface area contributed by atoms with Crippen molar-refractivity contribution in [2.45, 2.75) is 38.3 Å². The molecule has 0 radical (unpaired) electrons. The molecule has 4 heteroatoms. The topological polar surface area (TPSA) is 35.8 Å². The maximum absolute atomic E-state index is 13.0. The van der Waals surface area contributed by atoms with Crippen LogP contribution in [-0.4, -0.2) is 6.04 Å². The Labute approximate surface area is 106 Å². The molecule has 0 unspecified atom stereocenters. The van der Waals surface area contributed by atoms with Crippen molar-refractivity contribution in [1.29, 1.82) is 5.26 Å². The van der Waals surface area contributed by atoms with Gasteiger partial charge in [-0.1, -0.05) is 6.07 Å². The quantitative estimate of drug-likeness (QED) is 0.894. The average Bonchev–Trinajstić information content (AvgIpc) is 2.41. The van der Waals surface area contributed by atoms with Crippen LogP contribution in [0.2, 0.25) is 0 Å². The predicted molar refractivity (Wildman–Crippen MR) is 64.6 cm³/mol. The van der Waals surface area contributed by atoms with Crippen LogP contribution in [0.5, 0.6) is 0 Å². The van der Waals surface area contributed by atoms with Crippen LogP contribution in [0.3, 0.4) is 0 Å². The van der Waals surface area contributed by atoms with E-state index in [1.165, 1.54) is 6.07 Å². The fourth-order valence-electron chi connectivity index (χ4n) is 2.34. The van der Waals surface area contributed by atoms with Gasteiger partial charge in [0.25, 0.3) is 0 Å². The Morgan fingerprint density at radius 1 is 1.17 bits per heavy atom. The Morgan fingerprint density at radius 2 is 1.89 bits per heavy atom. The molecule has 0 aliphatic heterocycles. The van der Waals surface area contributed by atoms with E-state index < -0.39 is 11.6 Å². The SMILES string of the molecule is N#CC1CCC(NCc2ccc(F)c(F)c2)CC1. The maximum atomic E-state index is 13.0. The molecule has 1 N–H and O–H groups in total. The fourth-order valence-corrected chi connectivity index (χ4v) is 2.34. The summed E-state index contributed by atoms with van der Waals surface area (Å²) in [5.74, 6) is -1.43. The van der Waals surface area contributed by atoms with Crippen LogP contribution in [0.25, 0.3) is 0 Å². The van der Waals surface area contributed by atoms with Crippen LogP contribution in [-0.2, 0) is 6.54 Å². The summed E-state index contributed by atoms with van der Waals surface area (Å²) in [6, 6.07) is 6.64. The first-order chi connectivity index (χ1) is 8.69. The number of benzene rings is 1. The monoisotopic (exact) mass is 250 g/mol. The number of hydrogen-bond donors (Lipinski definition) is 1. The van der Waals surface area contributed by atoms with E-state index in [-0.39, 0.29) is 5.92 Å². The van der Waals surface area contributed by atoms with E-state index in [2.05, 4.69) is 11.4 Å². The summed E-state index contributed by atoms with van der Waals surface area (Å²) < 4.78 is 25.8. The average molecular weight is 250 g/mol. The Hall–Kier alpha value is -1.47. The van der Waals surface area contributed by atoms with Crippen molar-refractivity contribution in [3.63, 3.8) is 0 Å². The van der Waals surface area contributed by atoms with Gasteiger partial charge in [0.15, 0.2) is 11.6 Å². The van der Waals surface area contributed by atoms with Crippen molar-refractivity contribution >= 4 is 0 Å². The highest BCUT2D eigenvalue weighted by molar-refractivity contribution is 5.17. The highest BCUT2D eigenvalue weighted by atomic mass is 19.2. The smallest absolute Gasteiger partial charge is 0.159 e. The molecule has 0 bridgehead atoms. The zero-order valence-electron chi connectivity index (χ0n) is 10.1. The van der Waals surface area contributed by atoms with Crippen molar-refractivity contribution in [3.05, 3.63) is 35.4 Å². The van der Waals surface area contributed by atoms with E-state index >= 15 is 0 Å². The normalized spacial score (nSPS) is 23.6. The molecule has 0 spiro atoms. The van der Waals surface area contributed by atoms with Gasteiger partial charge >= 0.3 is 0 Å². The zero-order chi connectivity index (χ0) is 13.0. The van der Waals surface area contributed by atoms with Gasteiger partial charge in [-0.05, 0) is 43.4 Å². The van der Waals surface area contributed by atoms with E-state index in [4.69, 9.17) is 5.26 Å². The van der Waals surface area contributed by atoms with E-state index in [9.17, 15) is 8.78 Å². The third kappa shape index (κ3) is 3.27. The number of nitrogens with one attached hydrogen (secondary N) is 1. The molecule has 0 heterocycles. The first kappa shape index (κ1) is 13.0. The summed E-state index contributed by atoms with van der Waals surface area (Å²) in [5, 5.41) is 12.1. The van der Waals surface area contributed by atoms with Crippen LogP contribution in [0.4, 0.5) is 8.78 Å². The van der Waals surface area contributed by atoms with E-state index in [1.807, 2.05) is 0 Å². The summed E-state index contributed by atoms with van der Waals surface area (Å²) >= 11 is 0. The largest absolute Gasteiger partial charge is 0.310 e. The Bertz CT molecular complexity index is 446. The lowest BCUT2D eigenvalue weighted by Crippen LogP contribution is -2.32. The molecule has 1 saturated carbocycles. The van der Waals surface area contributed by atoms with Gasteiger partial charge in [-0.3, -0.25) is 0 Å². The van der Waals surface area contributed by atoms with Crippen molar-refractivity contribution < 1.29 is 8.78 Å². The molecular formula is C14H16F2N2. The zero-order valence-corrected chi connectivity index (χ0v) is 10.1. The first-order valence-electron chi connectivity index (χ1n) is 6.26. The molecule has 0 amide bonds. The minimum atomic E-state index is -0.812. The van der Waals surface area contributed by atoms with Gasteiger partial charge < -0.3 is 5.32 Å². The molecule has 1 aliphatic carbocycles. The van der Waals surface area contributed by atoms with Gasteiger partial charge in [0.05, 0.1) is 6.07 Å². The van der Waals surface area contributed by atoms with E-state index in [1.54, 1.807) is 6.07 Å². The third-order valence-electron chi connectivity index (χ3n) is 3.49. The van der Waals surface area contributed by atoms with Crippen LogP contribution in [0, 0.1) is 28.9 Å². The number of halogens is 2. The lowest BCUT2D eigenvalue weighted by atomic mass is 9.87. The van der Waals surface area contributed by atoms with Crippen LogP contribution >= 0.6 is 0 Å². The number of nitrogens with zero attached hydrogens (tertiary/aromatic N) is 1. The van der Waals surface area contributed by atoms with Gasteiger partial charge in [-0.25, -0.2) is 8.78 Å². The molecular weight excluding hydrogens is 234 g/mol. The lowest BCUT2D eigenvalue weighted by Gasteiger charge is -2.25. The summed E-state index contributed by atoms with van der Waals surface area (Å²) in [4.78, 5) is 0. The highest BCUT2D eigenvalue weighted by Gasteiger charge is 2.20. The maximum Gasteiger partial charge on any atom is 0.159 e. The number of rotatable bonds is 3. The third-order valence-corrected chi connectivity index (χ3v) is 3.49. The summed E-state index contributed by atoms with van der Waals surface area (Å²) in [5.41, 5.74) is 0.747. The van der Waals surface area contributed by atoms with Gasteiger partial charge in [-0.15, -0.1) is 0 Å². The molecule has 96 valence electrons. The Morgan fingerprint density at radius 3 is 2.50 bits per heavy atom. The highest BCUT2D eigenvalue weighted by Crippen LogP contribution is 2.23. The molecule has 0 atom stereocenters. The second-order valence-corrected chi connectivity index (χ2v) is 4.81. The number of hydrogen-bond acceptors (Lipinski definition) is 2. The lowest BCUT2D eigenvalue weighted by molar-refractivity contribution is 0.331. The molecule has 1 aromatic carbocycles. The molecule has 2 nitrogen and oxygen atoms in total. The second kappa shape index (κ2) is 5.92. The van der Waals surface area contributed by atoms with Crippen LogP contribution in [0.15, 0.2) is 18.2 Å². The fraction of sp³-hybridized carbons (Fsp3) is 0.500. The minimum Gasteiger partial charge on any atom is -0.310 e. The molecule has 1 fully saturated rings. The van der Waals surface area contributed by atoms with Gasteiger partial charge in [0.1, 0.15) is 0 Å². The molecule has 1 aliphatic rings. The number of nitriles is 1. The summed E-state index contributed by atoms with van der Waals surface area (Å²) in [6.07, 6.45) is 3.79. The first-order valence-corrected chi connectivity index (χ1v) is 6.26. The summed E-state index contributed by atoms with van der Waals surface area (Å²) in [6.45, 7) is 0.541. The van der Waals surface area contributed by atoms with Gasteiger partial charge in [0.2, 0.25) is 0 Å². The molecule has 2 rings (SSSR count). The summed E-state index contributed by atoms with van der Waals surface area (Å²) in [7, 11) is 0. The van der Waals surface area contributed by atoms with Crippen LogP contribution < -0.4 is 5.32 Å².